The van der Waals surface area contributed by atoms with E-state index in [4.69, 9.17) is 9.96 Å². The molecule has 0 fully saturated rings. The van der Waals surface area contributed by atoms with Gasteiger partial charge in [-0.05, 0) is 11.1 Å². The Balaban J connectivity index is -0.000000422. The third kappa shape index (κ3) is 13.3. The fourth-order valence-electron chi connectivity index (χ4n) is 3.68. The van der Waals surface area contributed by atoms with Crippen molar-refractivity contribution in [3.63, 3.8) is 0 Å². The van der Waals surface area contributed by atoms with Crippen LogP contribution in [0.3, 0.4) is 0 Å². The minimum Gasteiger partial charge on any atom is -0.659 e. The molecule has 0 amide bonds. The van der Waals surface area contributed by atoms with Crippen molar-refractivity contribution < 1.29 is 26.2 Å². The molecule has 0 aromatic heterocycles. The van der Waals surface area contributed by atoms with Gasteiger partial charge in [-0.2, -0.15) is 0 Å². The third-order valence-electron chi connectivity index (χ3n) is 4.37. The van der Waals surface area contributed by atoms with Gasteiger partial charge >= 0.3 is 26.2 Å². The SMILES string of the molecule is CC(C)(C)[N-][Si](C)(C)C1C=CC=C1.CC(C)(C)[N-][Si](C)(C)C1C=CC=C1.[CH3-].[CH3-].[Zr+4]. The van der Waals surface area contributed by atoms with Crippen LogP contribution in [-0.4, -0.2) is 27.5 Å². The first-order valence-corrected chi connectivity index (χ1v) is 15.9. The summed E-state index contributed by atoms with van der Waals surface area (Å²) in [5.41, 5.74) is 1.43. The second kappa shape index (κ2) is 12.9. The van der Waals surface area contributed by atoms with E-state index in [0.717, 1.165) is 0 Å². The molecule has 5 heteroatoms. The van der Waals surface area contributed by atoms with Gasteiger partial charge in [-0.25, -0.2) is 0 Å². The molecule has 0 atom stereocenters. The molecule has 0 aromatic carbocycles. The Labute approximate surface area is 205 Å². The Hall–Kier alpha value is 0.197. The van der Waals surface area contributed by atoms with Crippen LogP contribution < -0.4 is 0 Å². The normalized spacial score (nSPS) is 16.6. The molecule has 0 unspecified atom stereocenters. The minimum absolute atomic E-state index is 0. The maximum Gasteiger partial charge on any atom is 4.00 e. The van der Waals surface area contributed by atoms with Crippen LogP contribution in [0, 0.1) is 14.9 Å². The predicted octanol–water partition coefficient (Wildman–Crippen LogP) is 8.62. The van der Waals surface area contributed by atoms with E-state index in [0.29, 0.717) is 11.1 Å². The van der Waals surface area contributed by atoms with Crippen LogP contribution in [0.5, 0.6) is 0 Å². The van der Waals surface area contributed by atoms with E-state index in [-0.39, 0.29) is 52.1 Å². The van der Waals surface area contributed by atoms with Crippen LogP contribution in [0.25, 0.3) is 9.96 Å². The van der Waals surface area contributed by atoms with Crippen LogP contribution in [-0.2, 0) is 26.2 Å². The smallest absolute Gasteiger partial charge is 0.659 e. The summed E-state index contributed by atoms with van der Waals surface area (Å²) in [6, 6.07) is 0. The molecule has 0 heterocycles. The van der Waals surface area contributed by atoms with E-state index in [1.807, 2.05) is 0 Å². The standard InChI is InChI=1S/2C11H20NSi.2CH3.Zr/c2*1-11(2,3)12-13(4,5)10-8-6-7-9-10;;;/h2*6-10H,1-5H3;2*1H3;/q4*-1;+4. The first kappa shape index (κ1) is 33.8. The van der Waals surface area contributed by atoms with Crippen molar-refractivity contribution in [2.24, 2.45) is 0 Å². The zero-order valence-corrected chi connectivity index (χ0v) is 25.6. The van der Waals surface area contributed by atoms with Crippen LogP contribution in [0.1, 0.15) is 41.5 Å². The third-order valence-corrected chi connectivity index (χ3v) is 10.9. The van der Waals surface area contributed by atoms with Crippen molar-refractivity contribution in [1.29, 1.82) is 0 Å². The first-order valence-electron chi connectivity index (χ1n) is 9.81. The van der Waals surface area contributed by atoms with Crippen molar-refractivity contribution in [2.45, 2.75) is 89.9 Å². The Morgan fingerprint density at radius 3 is 0.931 bits per heavy atom. The summed E-state index contributed by atoms with van der Waals surface area (Å²) in [5, 5.41) is 0. The zero-order chi connectivity index (χ0) is 20.2. The number of nitrogens with zero attached hydrogens (tertiary/aromatic N) is 2. The molecule has 0 saturated carbocycles. The van der Waals surface area contributed by atoms with Crippen LogP contribution in [0.15, 0.2) is 48.6 Å². The average molecular weight is 510 g/mol. The topological polar surface area (TPSA) is 28.2 Å². The van der Waals surface area contributed by atoms with Gasteiger partial charge in [0.2, 0.25) is 0 Å². The van der Waals surface area contributed by atoms with Crippen molar-refractivity contribution in [2.75, 3.05) is 0 Å². The molecule has 0 spiro atoms. The summed E-state index contributed by atoms with van der Waals surface area (Å²) in [7, 11) is -2.91. The molecule has 2 aliphatic rings. The van der Waals surface area contributed by atoms with Crippen molar-refractivity contribution in [3.05, 3.63) is 73.4 Å². The molecular weight excluding hydrogens is 464 g/mol. The molecule has 0 saturated heterocycles. The van der Waals surface area contributed by atoms with Gasteiger partial charge in [0.15, 0.2) is 0 Å². The molecule has 2 nitrogen and oxygen atoms in total. The fraction of sp³-hybridized carbons (Fsp3) is 0.583. The largest absolute Gasteiger partial charge is 4.00 e. The van der Waals surface area contributed by atoms with Crippen LogP contribution in [0.4, 0.5) is 0 Å². The van der Waals surface area contributed by atoms with Gasteiger partial charge in [0.1, 0.15) is 0 Å². The van der Waals surface area contributed by atoms with E-state index >= 15 is 0 Å². The quantitative estimate of drug-likeness (QED) is 0.268. The van der Waals surface area contributed by atoms with E-state index in [2.05, 4.69) is 116 Å². The van der Waals surface area contributed by atoms with E-state index in [9.17, 15) is 0 Å². The summed E-state index contributed by atoms with van der Waals surface area (Å²) >= 11 is 0. The molecule has 164 valence electrons. The van der Waals surface area contributed by atoms with Crippen LogP contribution in [0.2, 0.25) is 37.3 Å². The van der Waals surface area contributed by atoms with E-state index in [1.165, 1.54) is 0 Å². The summed E-state index contributed by atoms with van der Waals surface area (Å²) in [5.74, 6) is 0. The predicted molar refractivity (Wildman–Crippen MR) is 138 cm³/mol. The fourth-order valence-corrected chi connectivity index (χ4v) is 9.77. The first-order chi connectivity index (χ1) is 11.6. The van der Waals surface area contributed by atoms with Crippen molar-refractivity contribution in [1.82, 2.24) is 0 Å². The van der Waals surface area contributed by atoms with E-state index < -0.39 is 16.5 Å². The number of rotatable bonds is 4. The van der Waals surface area contributed by atoms with Gasteiger partial charge in [0.05, 0.1) is 0 Å². The maximum absolute atomic E-state index is 4.96. The van der Waals surface area contributed by atoms with Gasteiger partial charge in [-0.1, -0.05) is 133 Å². The summed E-state index contributed by atoms with van der Waals surface area (Å²) in [6.07, 6.45) is 17.7. The van der Waals surface area contributed by atoms with Gasteiger partial charge in [-0.3, -0.25) is 0 Å². The van der Waals surface area contributed by atoms with Crippen LogP contribution >= 0.6 is 0 Å². The monoisotopic (exact) mass is 508 g/mol. The second-order valence-corrected chi connectivity index (χ2v) is 18.9. The Bertz CT molecular complexity index is 501. The molecule has 0 aromatic rings. The molecular formula is C24H46N2Si2Zr. The molecule has 29 heavy (non-hydrogen) atoms. The minimum atomic E-state index is -1.45. The Kier molecular flexibility index (Phi) is 15.1. The zero-order valence-electron chi connectivity index (χ0n) is 21.2. The molecule has 0 bridgehead atoms. The number of allylic oxidation sites excluding steroid dienone is 8. The molecule has 0 radical (unpaired) electrons. The molecule has 0 N–H and O–H groups in total. The average Bonchev–Trinajstić information content (AvgIpc) is 3.09. The van der Waals surface area contributed by atoms with Gasteiger partial charge in [-0.15, -0.1) is 11.1 Å². The van der Waals surface area contributed by atoms with Crippen molar-refractivity contribution >= 4 is 16.5 Å². The second-order valence-electron chi connectivity index (χ2n) is 10.5. The summed E-state index contributed by atoms with van der Waals surface area (Å²) in [4.78, 5) is 9.92. The van der Waals surface area contributed by atoms with Gasteiger partial charge < -0.3 is 24.8 Å². The number of hydrogen-bond acceptors (Lipinski definition) is 0. The van der Waals surface area contributed by atoms with Gasteiger partial charge in [0.25, 0.3) is 0 Å². The molecule has 2 rings (SSSR count). The molecule has 0 aliphatic heterocycles. The van der Waals surface area contributed by atoms with E-state index in [1.54, 1.807) is 0 Å². The van der Waals surface area contributed by atoms with Crippen molar-refractivity contribution in [3.8, 4) is 0 Å². The summed E-state index contributed by atoms with van der Waals surface area (Å²) in [6.45, 7) is 22.5. The summed E-state index contributed by atoms with van der Waals surface area (Å²) < 4.78 is 0. The van der Waals surface area contributed by atoms with Gasteiger partial charge in [0, 0.05) is 0 Å². The Morgan fingerprint density at radius 2 is 0.759 bits per heavy atom. The maximum atomic E-state index is 4.96. The Morgan fingerprint density at radius 1 is 0.552 bits per heavy atom. The molecule has 2 aliphatic carbocycles. The number of hydrogen-bond donors (Lipinski definition) is 0.